The average molecular weight is 367 g/mol. The maximum atomic E-state index is 12.4. The van der Waals surface area contributed by atoms with Crippen molar-refractivity contribution in [3.63, 3.8) is 0 Å². The number of nitrogens with one attached hydrogen (secondary N) is 2. The first kappa shape index (κ1) is 19.7. The fourth-order valence-electron chi connectivity index (χ4n) is 2.52. The molecule has 7 heteroatoms. The molecule has 0 aliphatic carbocycles. The third kappa shape index (κ3) is 5.10. The lowest BCUT2D eigenvalue weighted by Gasteiger charge is -2.13. The highest BCUT2D eigenvalue weighted by atomic mass is 35.5. The zero-order chi connectivity index (χ0) is 15.5. The molecule has 2 N–H and O–H groups in total. The van der Waals surface area contributed by atoms with Crippen molar-refractivity contribution in [1.82, 2.24) is 10.0 Å². The van der Waals surface area contributed by atoms with Gasteiger partial charge in [-0.15, -0.1) is 12.4 Å². The molecular weight excluding hydrogens is 343 g/mol. The molecule has 0 saturated carbocycles. The molecule has 1 aromatic carbocycles. The van der Waals surface area contributed by atoms with Crippen LogP contribution in [0.5, 0.6) is 0 Å². The number of sulfonamides is 1. The Morgan fingerprint density at radius 1 is 1.41 bits per heavy atom. The van der Waals surface area contributed by atoms with Gasteiger partial charge in [-0.3, -0.25) is 0 Å². The van der Waals surface area contributed by atoms with E-state index >= 15 is 0 Å². The highest BCUT2D eigenvalue weighted by Gasteiger charge is 2.20. The first-order valence-corrected chi connectivity index (χ1v) is 9.26. The van der Waals surface area contributed by atoms with Crippen molar-refractivity contribution in [2.45, 2.75) is 37.5 Å². The van der Waals surface area contributed by atoms with Crippen molar-refractivity contribution < 1.29 is 8.42 Å². The minimum atomic E-state index is -3.54. The number of rotatable bonds is 6. The van der Waals surface area contributed by atoms with Crippen LogP contribution in [0.4, 0.5) is 0 Å². The lowest BCUT2D eigenvalue weighted by Crippen LogP contribution is -2.27. The Labute approximate surface area is 144 Å². The quantitative estimate of drug-likeness (QED) is 0.812. The monoisotopic (exact) mass is 366 g/mol. The summed E-state index contributed by atoms with van der Waals surface area (Å²) in [6.45, 7) is 6.52. The van der Waals surface area contributed by atoms with E-state index in [1.165, 1.54) is 0 Å². The molecule has 0 bridgehead atoms. The highest BCUT2D eigenvalue weighted by molar-refractivity contribution is 7.89. The molecule has 1 aliphatic rings. The summed E-state index contributed by atoms with van der Waals surface area (Å²) < 4.78 is 27.5. The Balaban J connectivity index is 0.00000242. The molecule has 1 unspecified atom stereocenters. The van der Waals surface area contributed by atoms with Crippen molar-refractivity contribution >= 4 is 34.0 Å². The summed E-state index contributed by atoms with van der Waals surface area (Å²) in [5.41, 5.74) is 0.972. The van der Waals surface area contributed by atoms with E-state index in [4.69, 9.17) is 11.6 Å². The molecule has 0 spiro atoms. The molecule has 2 rings (SSSR count). The maximum absolute atomic E-state index is 12.4. The van der Waals surface area contributed by atoms with Crippen LogP contribution in [0.1, 0.15) is 38.2 Å². The van der Waals surface area contributed by atoms with E-state index in [2.05, 4.69) is 10.0 Å². The molecule has 0 radical (unpaired) electrons. The molecule has 0 aromatic heterocycles. The summed E-state index contributed by atoms with van der Waals surface area (Å²) in [6, 6.07) is 5.20. The molecule has 22 heavy (non-hydrogen) atoms. The molecule has 4 nitrogen and oxygen atoms in total. The summed E-state index contributed by atoms with van der Waals surface area (Å²) >= 11 is 6.06. The van der Waals surface area contributed by atoms with Crippen LogP contribution < -0.4 is 10.0 Å². The van der Waals surface area contributed by atoms with E-state index in [1.807, 2.05) is 19.9 Å². The van der Waals surface area contributed by atoms with Gasteiger partial charge in [0.25, 0.3) is 0 Å². The number of hydrogen-bond acceptors (Lipinski definition) is 3. The average Bonchev–Trinajstić information content (AvgIpc) is 2.91. The summed E-state index contributed by atoms with van der Waals surface area (Å²) in [5.74, 6) is 0.825. The smallest absolute Gasteiger partial charge is 0.242 e. The van der Waals surface area contributed by atoms with Crippen molar-refractivity contribution in [3.05, 3.63) is 28.8 Å². The molecule has 0 amide bonds. The van der Waals surface area contributed by atoms with E-state index in [0.29, 0.717) is 12.5 Å². The first-order chi connectivity index (χ1) is 9.90. The van der Waals surface area contributed by atoms with Gasteiger partial charge < -0.3 is 5.32 Å². The van der Waals surface area contributed by atoms with Crippen LogP contribution in [0.15, 0.2) is 23.1 Å². The predicted molar refractivity (Wildman–Crippen MR) is 93.6 cm³/mol. The Bertz CT molecular complexity index is 585. The standard InChI is InChI=1S/C15H23ClN2O2S.ClH/c1-11(2)13-3-4-14(16)15(9-13)21(19,20)18-8-6-12-5-7-17-10-12;/h3-4,9,11-12,17-18H,5-8,10H2,1-2H3;1H. The van der Waals surface area contributed by atoms with Gasteiger partial charge in [0.15, 0.2) is 0 Å². The second kappa shape index (κ2) is 8.50. The molecule has 1 aromatic rings. The van der Waals surface area contributed by atoms with Gasteiger partial charge in [0, 0.05) is 6.54 Å². The molecule has 1 aliphatic heterocycles. The Hall–Kier alpha value is -0.330. The normalized spacial score (nSPS) is 18.5. The van der Waals surface area contributed by atoms with Crippen LogP contribution in [-0.4, -0.2) is 28.1 Å². The van der Waals surface area contributed by atoms with Crippen LogP contribution >= 0.6 is 24.0 Å². The van der Waals surface area contributed by atoms with Gasteiger partial charge >= 0.3 is 0 Å². The third-order valence-electron chi connectivity index (χ3n) is 3.92. The van der Waals surface area contributed by atoms with Crippen LogP contribution in [0, 0.1) is 5.92 Å². The Morgan fingerprint density at radius 2 is 2.14 bits per heavy atom. The van der Waals surface area contributed by atoms with Crippen LogP contribution in [0.3, 0.4) is 0 Å². The predicted octanol–water partition coefficient (Wildman–Crippen LogP) is 3.16. The van der Waals surface area contributed by atoms with Gasteiger partial charge in [-0.25, -0.2) is 13.1 Å². The largest absolute Gasteiger partial charge is 0.316 e. The second-order valence-corrected chi connectivity index (χ2v) is 8.03. The summed E-state index contributed by atoms with van der Waals surface area (Å²) in [6.07, 6.45) is 1.97. The first-order valence-electron chi connectivity index (χ1n) is 7.40. The van der Waals surface area contributed by atoms with Gasteiger partial charge in [-0.05, 0) is 55.5 Å². The topological polar surface area (TPSA) is 58.2 Å². The van der Waals surface area contributed by atoms with Crippen LogP contribution in [0.25, 0.3) is 0 Å². The highest BCUT2D eigenvalue weighted by Crippen LogP contribution is 2.26. The van der Waals surface area contributed by atoms with Gasteiger partial charge in [-0.2, -0.15) is 0 Å². The van der Waals surface area contributed by atoms with E-state index < -0.39 is 10.0 Å². The summed E-state index contributed by atoms with van der Waals surface area (Å²) in [4.78, 5) is 0.180. The second-order valence-electron chi connectivity index (χ2n) is 5.89. The molecule has 1 fully saturated rings. The lowest BCUT2D eigenvalue weighted by atomic mass is 10.0. The molecule has 126 valence electrons. The van der Waals surface area contributed by atoms with Crippen LogP contribution in [0.2, 0.25) is 5.02 Å². The van der Waals surface area contributed by atoms with E-state index in [-0.39, 0.29) is 28.2 Å². The Morgan fingerprint density at radius 3 is 2.73 bits per heavy atom. The molecule has 1 heterocycles. The molecular formula is C15H24Cl2N2O2S. The van der Waals surface area contributed by atoms with E-state index in [9.17, 15) is 8.42 Å². The summed E-state index contributed by atoms with van der Waals surface area (Å²) in [7, 11) is -3.54. The third-order valence-corrected chi connectivity index (χ3v) is 5.86. The van der Waals surface area contributed by atoms with Crippen LogP contribution in [-0.2, 0) is 10.0 Å². The zero-order valence-electron chi connectivity index (χ0n) is 12.9. The SMILES string of the molecule is CC(C)c1ccc(Cl)c(S(=O)(=O)NCCC2CCNC2)c1.Cl. The van der Waals surface area contributed by atoms with Crippen molar-refractivity contribution in [2.75, 3.05) is 19.6 Å². The fraction of sp³-hybridized carbons (Fsp3) is 0.600. The minimum absolute atomic E-state index is 0. The van der Waals surface area contributed by atoms with Crippen molar-refractivity contribution in [3.8, 4) is 0 Å². The van der Waals surface area contributed by atoms with Gasteiger partial charge in [-0.1, -0.05) is 31.5 Å². The number of benzene rings is 1. The molecule has 1 atom stereocenters. The summed E-state index contributed by atoms with van der Waals surface area (Å²) in [5, 5.41) is 3.55. The molecule has 1 saturated heterocycles. The Kier molecular flexibility index (Phi) is 7.62. The minimum Gasteiger partial charge on any atom is -0.316 e. The fourth-order valence-corrected chi connectivity index (χ4v) is 4.10. The van der Waals surface area contributed by atoms with Gasteiger partial charge in [0.05, 0.1) is 5.02 Å². The van der Waals surface area contributed by atoms with Crippen molar-refractivity contribution in [1.29, 1.82) is 0 Å². The number of hydrogen-bond donors (Lipinski definition) is 2. The van der Waals surface area contributed by atoms with Crippen molar-refractivity contribution in [2.24, 2.45) is 5.92 Å². The van der Waals surface area contributed by atoms with E-state index in [1.54, 1.807) is 12.1 Å². The number of halogens is 2. The lowest BCUT2D eigenvalue weighted by molar-refractivity contribution is 0.519. The zero-order valence-corrected chi connectivity index (χ0v) is 15.3. The van der Waals surface area contributed by atoms with Gasteiger partial charge in [0.2, 0.25) is 10.0 Å². The van der Waals surface area contributed by atoms with Gasteiger partial charge in [0.1, 0.15) is 4.90 Å². The maximum Gasteiger partial charge on any atom is 0.242 e. The van der Waals surface area contributed by atoms with E-state index in [0.717, 1.165) is 31.5 Å².